The average molecular weight is 584 g/mol. The molecule has 0 aliphatic carbocycles. The summed E-state index contributed by atoms with van der Waals surface area (Å²) in [7, 11) is 0. The SMILES string of the molecule is CCCCCCN(CCCCCC)C(=O)/C=C/c1ccc(-c2[nH]cnc2-c2ccc(/C=C/C(=O)OC(C)(C)C)cc2)cc1. The molecule has 6 nitrogen and oxygen atoms in total. The molecule has 0 saturated carbocycles. The van der Waals surface area contributed by atoms with Gasteiger partial charge in [-0.1, -0.05) is 101 Å². The van der Waals surface area contributed by atoms with Crippen molar-refractivity contribution in [3.05, 3.63) is 78.1 Å². The fraction of sp³-hybridized carbons (Fsp3) is 0.432. The number of nitrogens with zero attached hydrogens (tertiary/aromatic N) is 2. The van der Waals surface area contributed by atoms with E-state index in [2.05, 4.69) is 23.8 Å². The van der Waals surface area contributed by atoms with Gasteiger partial charge in [0.25, 0.3) is 0 Å². The number of hydrogen-bond donors (Lipinski definition) is 1. The van der Waals surface area contributed by atoms with E-state index in [4.69, 9.17) is 4.74 Å². The van der Waals surface area contributed by atoms with E-state index in [1.807, 2.05) is 80.3 Å². The molecule has 0 spiro atoms. The lowest BCUT2D eigenvalue weighted by Crippen LogP contribution is -2.31. The third kappa shape index (κ3) is 11.7. The number of H-pyrrole nitrogens is 1. The smallest absolute Gasteiger partial charge is 0.331 e. The van der Waals surface area contributed by atoms with Gasteiger partial charge in [0.1, 0.15) is 5.60 Å². The second-order valence-electron chi connectivity index (χ2n) is 12.0. The summed E-state index contributed by atoms with van der Waals surface area (Å²) in [5, 5.41) is 0. The summed E-state index contributed by atoms with van der Waals surface area (Å²) in [6.07, 6.45) is 17.8. The molecule has 43 heavy (non-hydrogen) atoms. The number of amides is 1. The Hall–Kier alpha value is -3.93. The number of aromatic nitrogens is 2. The minimum Gasteiger partial charge on any atom is -0.457 e. The number of aromatic amines is 1. The number of imidazole rings is 1. The first-order valence-corrected chi connectivity index (χ1v) is 15.8. The van der Waals surface area contributed by atoms with Crippen molar-refractivity contribution in [2.24, 2.45) is 0 Å². The highest BCUT2D eigenvalue weighted by molar-refractivity contribution is 5.92. The Bertz CT molecular complexity index is 1320. The standard InChI is InChI=1S/C37H49N3O3/c1-6-8-10-12-26-40(27-13-11-9-7-2)33(41)24-18-29-14-20-31(21-15-29)35-36(39-28-38-35)32-22-16-30(17-23-32)19-25-34(42)43-37(3,4)5/h14-25,28H,6-13,26-27H2,1-5H3,(H,38,39)/b24-18+,25-19+. The van der Waals surface area contributed by atoms with Gasteiger partial charge in [-0.05, 0) is 56.9 Å². The molecule has 1 N–H and O–H groups in total. The zero-order chi connectivity index (χ0) is 31.1. The molecule has 0 aliphatic rings. The van der Waals surface area contributed by atoms with Crippen molar-refractivity contribution >= 4 is 24.0 Å². The van der Waals surface area contributed by atoms with E-state index in [0.29, 0.717) is 0 Å². The molecule has 0 aliphatic heterocycles. The molecule has 1 aromatic heterocycles. The Morgan fingerprint density at radius 3 is 1.84 bits per heavy atom. The molecule has 0 atom stereocenters. The minimum absolute atomic E-state index is 0.0947. The van der Waals surface area contributed by atoms with Crippen LogP contribution in [-0.4, -0.2) is 45.4 Å². The van der Waals surface area contributed by atoms with E-state index >= 15 is 0 Å². The van der Waals surface area contributed by atoms with Gasteiger partial charge in [0.05, 0.1) is 17.7 Å². The van der Waals surface area contributed by atoms with E-state index in [1.54, 1.807) is 18.5 Å². The van der Waals surface area contributed by atoms with Gasteiger partial charge in [-0.3, -0.25) is 4.79 Å². The summed E-state index contributed by atoms with van der Waals surface area (Å²) in [5.74, 6) is -0.270. The molecule has 0 fully saturated rings. The van der Waals surface area contributed by atoms with Crippen LogP contribution in [0.2, 0.25) is 0 Å². The molecule has 230 valence electrons. The van der Waals surface area contributed by atoms with Crippen LogP contribution in [0.15, 0.2) is 67.0 Å². The molecule has 6 heteroatoms. The first-order valence-electron chi connectivity index (χ1n) is 15.8. The quantitative estimate of drug-likeness (QED) is 0.104. The van der Waals surface area contributed by atoms with Crippen molar-refractivity contribution in [2.75, 3.05) is 13.1 Å². The molecular weight excluding hydrogens is 534 g/mol. The van der Waals surface area contributed by atoms with Gasteiger partial charge in [-0.15, -0.1) is 0 Å². The van der Waals surface area contributed by atoms with Crippen LogP contribution >= 0.6 is 0 Å². The highest BCUT2D eigenvalue weighted by Gasteiger charge is 2.14. The molecule has 1 amide bonds. The van der Waals surface area contributed by atoms with E-state index in [-0.39, 0.29) is 11.9 Å². The van der Waals surface area contributed by atoms with Crippen LogP contribution in [0.3, 0.4) is 0 Å². The summed E-state index contributed by atoms with van der Waals surface area (Å²) < 4.78 is 5.33. The Morgan fingerprint density at radius 1 is 0.767 bits per heavy atom. The predicted molar refractivity (Wildman–Crippen MR) is 178 cm³/mol. The lowest BCUT2D eigenvalue weighted by Gasteiger charge is -2.21. The van der Waals surface area contributed by atoms with E-state index in [0.717, 1.165) is 59.6 Å². The molecular formula is C37H49N3O3. The minimum atomic E-state index is -0.518. The van der Waals surface area contributed by atoms with Gasteiger partial charge in [-0.25, -0.2) is 9.78 Å². The highest BCUT2D eigenvalue weighted by Crippen LogP contribution is 2.29. The third-order valence-electron chi connectivity index (χ3n) is 7.13. The van der Waals surface area contributed by atoms with Crippen molar-refractivity contribution in [2.45, 2.75) is 91.6 Å². The zero-order valence-electron chi connectivity index (χ0n) is 26.7. The van der Waals surface area contributed by atoms with Crippen LogP contribution in [-0.2, 0) is 14.3 Å². The predicted octanol–water partition coefficient (Wildman–Crippen LogP) is 9.10. The number of carbonyl (C=O) groups excluding carboxylic acids is 2. The van der Waals surface area contributed by atoms with Crippen LogP contribution in [0.4, 0.5) is 0 Å². The number of benzene rings is 2. The van der Waals surface area contributed by atoms with Gasteiger partial charge in [-0.2, -0.15) is 0 Å². The molecule has 3 rings (SSSR count). The molecule has 0 radical (unpaired) electrons. The van der Waals surface area contributed by atoms with Gasteiger partial charge < -0.3 is 14.6 Å². The molecule has 0 saturated heterocycles. The number of unbranched alkanes of at least 4 members (excludes halogenated alkanes) is 6. The van der Waals surface area contributed by atoms with Gasteiger partial charge in [0.15, 0.2) is 0 Å². The van der Waals surface area contributed by atoms with Gasteiger partial charge in [0.2, 0.25) is 5.91 Å². The number of hydrogen-bond acceptors (Lipinski definition) is 4. The van der Waals surface area contributed by atoms with Crippen molar-refractivity contribution in [3.8, 4) is 22.5 Å². The summed E-state index contributed by atoms with van der Waals surface area (Å²) in [6.45, 7) is 11.6. The highest BCUT2D eigenvalue weighted by atomic mass is 16.6. The lowest BCUT2D eigenvalue weighted by atomic mass is 10.0. The second-order valence-corrected chi connectivity index (χ2v) is 12.0. The van der Waals surface area contributed by atoms with E-state index < -0.39 is 5.60 Å². The normalized spacial score (nSPS) is 11.8. The van der Waals surface area contributed by atoms with Crippen LogP contribution < -0.4 is 0 Å². The maximum atomic E-state index is 13.1. The number of esters is 1. The first kappa shape index (κ1) is 33.6. The summed E-state index contributed by atoms with van der Waals surface area (Å²) in [5.41, 5.74) is 5.12. The Morgan fingerprint density at radius 2 is 1.30 bits per heavy atom. The summed E-state index contributed by atoms with van der Waals surface area (Å²) in [6, 6.07) is 16.1. The maximum Gasteiger partial charge on any atom is 0.331 e. The fourth-order valence-electron chi connectivity index (χ4n) is 4.81. The van der Waals surface area contributed by atoms with Crippen LogP contribution in [0, 0.1) is 0 Å². The van der Waals surface area contributed by atoms with Crippen molar-refractivity contribution < 1.29 is 14.3 Å². The zero-order valence-corrected chi connectivity index (χ0v) is 26.7. The number of nitrogens with one attached hydrogen (secondary N) is 1. The summed E-state index contributed by atoms with van der Waals surface area (Å²) >= 11 is 0. The van der Waals surface area contributed by atoms with Gasteiger partial charge in [0, 0.05) is 36.4 Å². The van der Waals surface area contributed by atoms with E-state index in [1.165, 1.54) is 44.6 Å². The van der Waals surface area contributed by atoms with Crippen molar-refractivity contribution in [3.63, 3.8) is 0 Å². The monoisotopic (exact) mass is 583 g/mol. The number of rotatable bonds is 16. The lowest BCUT2D eigenvalue weighted by molar-refractivity contribution is -0.148. The number of ether oxygens (including phenoxy) is 1. The van der Waals surface area contributed by atoms with Gasteiger partial charge >= 0.3 is 5.97 Å². The van der Waals surface area contributed by atoms with Crippen LogP contribution in [0.5, 0.6) is 0 Å². The Labute approximate surface area is 258 Å². The van der Waals surface area contributed by atoms with Crippen LogP contribution in [0.1, 0.15) is 97.1 Å². The first-order chi connectivity index (χ1) is 20.7. The average Bonchev–Trinajstić information content (AvgIpc) is 3.48. The second kappa shape index (κ2) is 17.3. The largest absolute Gasteiger partial charge is 0.457 e. The fourth-order valence-corrected chi connectivity index (χ4v) is 4.81. The van der Waals surface area contributed by atoms with E-state index in [9.17, 15) is 9.59 Å². The van der Waals surface area contributed by atoms with Crippen molar-refractivity contribution in [1.82, 2.24) is 14.9 Å². The molecule has 2 aromatic carbocycles. The maximum absolute atomic E-state index is 13.1. The number of carbonyl (C=O) groups is 2. The molecule has 3 aromatic rings. The summed E-state index contributed by atoms with van der Waals surface area (Å²) in [4.78, 5) is 34.9. The van der Waals surface area contributed by atoms with Crippen LogP contribution in [0.25, 0.3) is 34.7 Å². The van der Waals surface area contributed by atoms with Crippen molar-refractivity contribution in [1.29, 1.82) is 0 Å². The topological polar surface area (TPSA) is 75.3 Å². The Kier molecular flexibility index (Phi) is 13.5. The molecule has 1 heterocycles. The third-order valence-corrected chi connectivity index (χ3v) is 7.13. The Balaban J connectivity index is 1.64. The molecule has 0 bridgehead atoms. The molecule has 0 unspecified atom stereocenters.